The number of anilines is 1. The van der Waals surface area contributed by atoms with Crippen LogP contribution in [0, 0.1) is 0 Å². The lowest BCUT2D eigenvalue weighted by Gasteiger charge is -2.34. The first kappa shape index (κ1) is 35.0. The lowest BCUT2D eigenvalue weighted by atomic mass is 10.0. The quantitative estimate of drug-likeness (QED) is 0.150. The van der Waals surface area contributed by atoms with Gasteiger partial charge in [-0.3, -0.25) is 13.9 Å². The summed E-state index contributed by atoms with van der Waals surface area (Å²) in [4.78, 5) is 29.8. The maximum Gasteiger partial charge on any atom is 0.264 e. The predicted octanol–water partition coefficient (Wildman–Crippen LogP) is 7.48. The third kappa shape index (κ3) is 8.90. The van der Waals surface area contributed by atoms with Gasteiger partial charge in [0.1, 0.15) is 12.6 Å². The molecule has 0 aliphatic heterocycles. The molecule has 0 aliphatic carbocycles. The van der Waals surface area contributed by atoms with Crippen molar-refractivity contribution in [3.63, 3.8) is 0 Å². The van der Waals surface area contributed by atoms with E-state index in [0.717, 1.165) is 15.4 Å². The van der Waals surface area contributed by atoms with Gasteiger partial charge in [-0.1, -0.05) is 111 Å². The summed E-state index contributed by atoms with van der Waals surface area (Å²) in [6.45, 7) is 5.94. The maximum atomic E-state index is 14.5. The largest absolute Gasteiger partial charge is 0.354 e. The van der Waals surface area contributed by atoms with Gasteiger partial charge in [-0.05, 0) is 65.4 Å². The van der Waals surface area contributed by atoms with Crippen molar-refractivity contribution >= 4 is 50.7 Å². The second-order valence-corrected chi connectivity index (χ2v) is 14.0. The molecule has 0 saturated carbocycles. The van der Waals surface area contributed by atoms with Gasteiger partial charge in [0.25, 0.3) is 10.0 Å². The molecule has 0 spiro atoms. The summed E-state index contributed by atoms with van der Waals surface area (Å²) in [5, 5.41) is 3.60. The second kappa shape index (κ2) is 16.1. The number of hydrogen-bond donors (Lipinski definition) is 1. The maximum absolute atomic E-state index is 14.5. The SMILES string of the molecule is CCCNC(=O)C(Cc1ccccc1)N(Cc1ccc(Cl)c(Cl)c1)C(=O)CN(c1ccc(C(C)C)cc1)S(=O)(=O)c1ccccc1. The Kier molecular flexibility index (Phi) is 12.3. The third-order valence-corrected chi connectivity index (χ3v) is 10.1. The number of carbonyl (C=O) groups excluding carboxylic acids is 2. The van der Waals surface area contributed by atoms with Gasteiger partial charge in [0.05, 0.1) is 20.6 Å². The Morgan fingerprint density at radius 1 is 0.804 bits per heavy atom. The molecule has 2 amide bonds. The summed E-state index contributed by atoms with van der Waals surface area (Å²) < 4.78 is 29.4. The van der Waals surface area contributed by atoms with Crippen LogP contribution < -0.4 is 9.62 Å². The molecule has 4 rings (SSSR count). The summed E-state index contributed by atoms with van der Waals surface area (Å²) in [6.07, 6.45) is 0.929. The molecule has 7 nitrogen and oxygen atoms in total. The van der Waals surface area contributed by atoms with E-state index in [1.54, 1.807) is 48.5 Å². The number of nitrogens with one attached hydrogen (secondary N) is 1. The van der Waals surface area contributed by atoms with Crippen molar-refractivity contribution in [3.05, 3.63) is 130 Å². The monoisotopic (exact) mass is 679 g/mol. The minimum Gasteiger partial charge on any atom is -0.354 e. The van der Waals surface area contributed by atoms with Crippen LogP contribution in [0.25, 0.3) is 0 Å². The van der Waals surface area contributed by atoms with E-state index in [1.807, 2.05) is 63.2 Å². The fourth-order valence-corrected chi connectivity index (χ4v) is 6.78. The third-order valence-electron chi connectivity index (χ3n) is 7.62. The van der Waals surface area contributed by atoms with Crippen LogP contribution in [-0.2, 0) is 32.6 Å². The lowest BCUT2D eigenvalue weighted by Crippen LogP contribution is -2.53. The number of amides is 2. The summed E-state index contributed by atoms with van der Waals surface area (Å²) in [7, 11) is -4.17. The van der Waals surface area contributed by atoms with E-state index in [-0.39, 0.29) is 29.7 Å². The molecule has 4 aromatic rings. The number of rotatable bonds is 14. The number of sulfonamides is 1. The molecular formula is C36H39Cl2N3O4S. The van der Waals surface area contributed by atoms with Gasteiger partial charge < -0.3 is 10.2 Å². The van der Waals surface area contributed by atoms with E-state index in [9.17, 15) is 18.0 Å². The van der Waals surface area contributed by atoms with Gasteiger partial charge in [0.15, 0.2) is 0 Å². The minimum atomic E-state index is -4.17. The summed E-state index contributed by atoms with van der Waals surface area (Å²) in [6, 6.07) is 28.6. The Labute approximate surface area is 282 Å². The lowest BCUT2D eigenvalue weighted by molar-refractivity contribution is -0.140. The highest BCUT2D eigenvalue weighted by Gasteiger charge is 2.34. The van der Waals surface area contributed by atoms with Gasteiger partial charge in [0.2, 0.25) is 11.8 Å². The van der Waals surface area contributed by atoms with Gasteiger partial charge in [-0.15, -0.1) is 0 Å². The molecule has 0 fully saturated rings. The van der Waals surface area contributed by atoms with E-state index >= 15 is 0 Å². The summed E-state index contributed by atoms with van der Waals surface area (Å²) >= 11 is 12.5. The zero-order valence-corrected chi connectivity index (χ0v) is 28.5. The summed E-state index contributed by atoms with van der Waals surface area (Å²) in [5.41, 5.74) is 2.86. The van der Waals surface area contributed by atoms with Crippen LogP contribution in [0.5, 0.6) is 0 Å². The Morgan fingerprint density at radius 3 is 2.02 bits per heavy atom. The molecule has 0 radical (unpaired) electrons. The van der Waals surface area contributed by atoms with Crippen molar-refractivity contribution in [2.24, 2.45) is 0 Å². The number of hydrogen-bond acceptors (Lipinski definition) is 4. The average Bonchev–Trinajstić information content (AvgIpc) is 3.06. The van der Waals surface area contributed by atoms with E-state index in [4.69, 9.17) is 23.2 Å². The van der Waals surface area contributed by atoms with Crippen LogP contribution in [-0.4, -0.2) is 44.3 Å². The first-order valence-electron chi connectivity index (χ1n) is 15.2. The second-order valence-electron chi connectivity index (χ2n) is 11.3. The zero-order valence-electron chi connectivity index (χ0n) is 26.2. The number of nitrogens with zero attached hydrogens (tertiary/aromatic N) is 2. The highest BCUT2D eigenvalue weighted by Crippen LogP contribution is 2.28. The molecule has 4 aromatic carbocycles. The fourth-order valence-electron chi connectivity index (χ4n) is 5.03. The topological polar surface area (TPSA) is 86.8 Å². The van der Waals surface area contributed by atoms with Gasteiger partial charge in [-0.2, -0.15) is 0 Å². The van der Waals surface area contributed by atoms with Crippen LogP contribution in [0.1, 0.15) is 49.8 Å². The fraction of sp³-hybridized carbons (Fsp3) is 0.278. The van der Waals surface area contributed by atoms with E-state index in [1.165, 1.54) is 17.0 Å². The number of halogens is 2. The van der Waals surface area contributed by atoms with E-state index < -0.39 is 28.5 Å². The zero-order chi connectivity index (χ0) is 33.3. The predicted molar refractivity (Wildman–Crippen MR) is 186 cm³/mol. The molecule has 242 valence electrons. The van der Waals surface area contributed by atoms with Gasteiger partial charge in [0, 0.05) is 19.5 Å². The Balaban J connectivity index is 1.81. The minimum absolute atomic E-state index is 0.00171. The van der Waals surface area contributed by atoms with Crippen LogP contribution in [0.4, 0.5) is 5.69 Å². The normalized spacial score (nSPS) is 12.0. The van der Waals surface area contributed by atoms with Crippen molar-refractivity contribution in [1.29, 1.82) is 0 Å². The van der Waals surface area contributed by atoms with Crippen molar-refractivity contribution < 1.29 is 18.0 Å². The molecule has 1 N–H and O–H groups in total. The molecule has 1 unspecified atom stereocenters. The standard InChI is InChI=1S/C36H39Cl2N3O4S/c1-4-21-39-36(43)34(23-27-11-7-5-8-12-27)40(24-28-15-20-32(37)33(38)22-28)35(42)25-41(30-18-16-29(17-19-30)26(2)3)46(44,45)31-13-9-6-10-14-31/h5-20,22,26,34H,4,21,23-25H2,1-3H3,(H,39,43). The van der Waals surface area contributed by atoms with Gasteiger partial charge >= 0.3 is 0 Å². The highest BCUT2D eigenvalue weighted by molar-refractivity contribution is 7.92. The molecule has 0 saturated heterocycles. The Hall–Kier alpha value is -3.85. The smallest absolute Gasteiger partial charge is 0.264 e. The molecule has 46 heavy (non-hydrogen) atoms. The molecule has 10 heteroatoms. The van der Waals surface area contributed by atoms with Crippen LogP contribution in [0.2, 0.25) is 10.0 Å². The van der Waals surface area contributed by atoms with Crippen molar-refractivity contribution in [2.75, 3.05) is 17.4 Å². The molecule has 0 bridgehead atoms. The van der Waals surface area contributed by atoms with Crippen LogP contribution in [0.15, 0.2) is 108 Å². The average molecular weight is 681 g/mol. The van der Waals surface area contributed by atoms with Crippen molar-refractivity contribution in [1.82, 2.24) is 10.2 Å². The van der Waals surface area contributed by atoms with Crippen molar-refractivity contribution in [2.45, 2.75) is 57.0 Å². The first-order valence-corrected chi connectivity index (χ1v) is 17.4. The molecule has 1 atom stereocenters. The first-order chi connectivity index (χ1) is 22.0. The molecule has 0 aliphatic rings. The van der Waals surface area contributed by atoms with Crippen molar-refractivity contribution in [3.8, 4) is 0 Å². The highest BCUT2D eigenvalue weighted by atomic mass is 35.5. The Morgan fingerprint density at radius 2 is 1.43 bits per heavy atom. The molecule has 0 aromatic heterocycles. The number of carbonyl (C=O) groups is 2. The van der Waals surface area contributed by atoms with E-state index in [2.05, 4.69) is 5.32 Å². The van der Waals surface area contributed by atoms with Gasteiger partial charge in [-0.25, -0.2) is 8.42 Å². The summed E-state index contributed by atoms with van der Waals surface area (Å²) in [5.74, 6) is -0.652. The molecular weight excluding hydrogens is 641 g/mol. The van der Waals surface area contributed by atoms with Crippen LogP contribution in [0.3, 0.4) is 0 Å². The number of benzene rings is 4. The molecule has 0 heterocycles. The Bertz CT molecular complexity index is 1720. The van der Waals surface area contributed by atoms with Crippen LogP contribution >= 0.6 is 23.2 Å². The van der Waals surface area contributed by atoms with E-state index in [0.29, 0.717) is 34.3 Å².